The van der Waals surface area contributed by atoms with E-state index in [1.807, 2.05) is 6.92 Å². The zero-order valence-electron chi connectivity index (χ0n) is 7.02. The summed E-state index contributed by atoms with van der Waals surface area (Å²) in [7, 11) is 0. The zero-order valence-corrected chi connectivity index (χ0v) is 7.83. The van der Waals surface area contributed by atoms with Gasteiger partial charge in [-0.15, -0.1) is 11.8 Å². The number of hydrogen-bond donors (Lipinski definition) is 0. The second-order valence-electron chi connectivity index (χ2n) is 2.01. The van der Waals surface area contributed by atoms with E-state index in [4.69, 9.17) is 4.74 Å². The van der Waals surface area contributed by atoms with Gasteiger partial charge < -0.3 is 4.74 Å². The van der Waals surface area contributed by atoms with Crippen molar-refractivity contribution in [2.24, 2.45) is 0 Å². The number of rotatable bonds is 5. The van der Waals surface area contributed by atoms with Crippen molar-refractivity contribution < 1.29 is 4.74 Å². The Morgan fingerprint density at radius 3 is 2.70 bits per heavy atom. The molecule has 0 aliphatic heterocycles. The highest BCUT2D eigenvalue weighted by molar-refractivity contribution is 8.02. The maximum absolute atomic E-state index is 5.34. The Bertz CT molecular complexity index is 99.4. The quantitative estimate of drug-likeness (QED) is 0.572. The molecule has 2 heteroatoms. The van der Waals surface area contributed by atoms with Gasteiger partial charge in [-0.1, -0.05) is 13.0 Å². The van der Waals surface area contributed by atoms with Gasteiger partial charge in [0.25, 0.3) is 0 Å². The molecule has 1 nitrogen and oxygen atoms in total. The van der Waals surface area contributed by atoms with Gasteiger partial charge >= 0.3 is 0 Å². The molecule has 0 N–H and O–H groups in total. The number of ether oxygens (including phenoxy) is 1. The van der Waals surface area contributed by atoms with E-state index in [0.29, 0.717) is 0 Å². The predicted octanol–water partition coefficient (Wildman–Crippen LogP) is 2.68. The third-order valence-electron chi connectivity index (χ3n) is 1.18. The van der Waals surface area contributed by atoms with E-state index in [1.165, 1.54) is 4.91 Å². The topological polar surface area (TPSA) is 9.23 Å². The van der Waals surface area contributed by atoms with Crippen molar-refractivity contribution in [3.8, 4) is 0 Å². The first-order valence-corrected chi connectivity index (χ1v) is 4.84. The highest BCUT2D eigenvalue weighted by Gasteiger charge is 1.91. The van der Waals surface area contributed by atoms with Gasteiger partial charge in [0.2, 0.25) is 0 Å². The van der Waals surface area contributed by atoms with Crippen LogP contribution in [0.1, 0.15) is 20.3 Å². The molecule has 0 heterocycles. The SMILES string of the molecule is CC=C(COCCC)SC. The first kappa shape index (κ1) is 10.0. The van der Waals surface area contributed by atoms with Crippen molar-refractivity contribution in [3.63, 3.8) is 0 Å². The van der Waals surface area contributed by atoms with Crippen LogP contribution in [-0.4, -0.2) is 19.5 Å². The molecule has 0 unspecified atom stereocenters. The Labute approximate surface area is 67.8 Å². The van der Waals surface area contributed by atoms with E-state index in [-0.39, 0.29) is 0 Å². The average Bonchev–Trinajstić information content (AvgIpc) is 1.99. The van der Waals surface area contributed by atoms with Crippen LogP contribution >= 0.6 is 11.8 Å². The van der Waals surface area contributed by atoms with Crippen LogP contribution in [0.3, 0.4) is 0 Å². The first-order valence-electron chi connectivity index (χ1n) is 3.62. The fraction of sp³-hybridized carbons (Fsp3) is 0.750. The maximum atomic E-state index is 5.34. The standard InChI is InChI=1S/C8H16OS/c1-4-6-9-7-8(5-2)10-3/h5H,4,6-7H2,1-3H3. The molecule has 0 aromatic rings. The molecule has 0 saturated heterocycles. The largest absolute Gasteiger partial charge is 0.376 e. The van der Waals surface area contributed by atoms with Crippen molar-refractivity contribution in [2.45, 2.75) is 20.3 Å². The Hall–Kier alpha value is 0.0500. The lowest BCUT2D eigenvalue weighted by Crippen LogP contribution is -1.96. The molecule has 0 rings (SSSR count). The Morgan fingerprint density at radius 1 is 1.60 bits per heavy atom. The van der Waals surface area contributed by atoms with Gasteiger partial charge in [0.15, 0.2) is 0 Å². The molecule has 0 atom stereocenters. The molecule has 0 bridgehead atoms. The minimum atomic E-state index is 0.783. The first-order chi connectivity index (χ1) is 4.85. The number of allylic oxidation sites excluding steroid dienone is 1. The van der Waals surface area contributed by atoms with Crippen molar-refractivity contribution in [1.29, 1.82) is 0 Å². The van der Waals surface area contributed by atoms with Gasteiger partial charge in [-0.2, -0.15) is 0 Å². The third kappa shape index (κ3) is 4.89. The molecule has 60 valence electrons. The van der Waals surface area contributed by atoms with E-state index in [0.717, 1.165) is 19.6 Å². The minimum absolute atomic E-state index is 0.783. The van der Waals surface area contributed by atoms with Crippen molar-refractivity contribution in [2.75, 3.05) is 19.5 Å². The van der Waals surface area contributed by atoms with Gasteiger partial charge in [0.1, 0.15) is 0 Å². The molecule has 0 radical (unpaired) electrons. The van der Waals surface area contributed by atoms with Crippen LogP contribution in [0.5, 0.6) is 0 Å². The number of thioether (sulfide) groups is 1. The predicted molar refractivity (Wildman–Crippen MR) is 48.4 cm³/mol. The second kappa shape index (κ2) is 7.16. The molecule has 0 saturated carbocycles. The normalized spacial score (nSPS) is 12.1. The van der Waals surface area contributed by atoms with Crippen molar-refractivity contribution >= 4 is 11.8 Å². The molecule has 0 aromatic heterocycles. The smallest absolute Gasteiger partial charge is 0.0772 e. The summed E-state index contributed by atoms with van der Waals surface area (Å²) in [6.45, 7) is 5.82. The Kier molecular flexibility index (Phi) is 7.20. The maximum Gasteiger partial charge on any atom is 0.0772 e. The Balaban J connectivity index is 3.27. The monoisotopic (exact) mass is 160 g/mol. The highest BCUT2D eigenvalue weighted by atomic mass is 32.2. The van der Waals surface area contributed by atoms with Crippen LogP contribution in [0.2, 0.25) is 0 Å². The summed E-state index contributed by atoms with van der Waals surface area (Å²) in [6, 6.07) is 0. The summed E-state index contributed by atoms with van der Waals surface area (Å²) in [5.74, 6) is 0. The summed E-state index contributed by atoms with van der Waals surface area (Å²) in [5, 5.41) is 0. The Morgan fingerprint density at radius 2 is 2.30 bits per heavy atom. The minimum Gasteiger partial charge on any atom is -0.376 e. The summed E-state index contributed by atoms with van der Waals surface area (Å²) >= 11 is 1.76. The molecule has 0 aliphatic carbocycles. The summed E-state index contributed by atoms with van der Waals surface area (Å²) < 4.78 is 5.34. The van der Waals surface area contributed by atoms with Crippen LogP contribution in [0.25, 0.3) is 0 Å². The highest BCUT2D eigenvalue weighted by Crippen LogP contribution is 2.10. The summed E-state index contributed by atoms with van der Waals surface area (Å²) in [6.07, 6.45) is 5.27. The van der Waals surface area contributed by atoms with Gasteiger partial charge in [-0.05, 0) is 19.6 Å². The molecular weight excluding hydrogens is 144 g/mol. The lowest BCUT2D eigenvalue weighted by atomic mass is 10.5. The van der Waals surface area contributed by atoms with E-state index in [9.17, 15) is 0 Å². The fourth-order valence-corrected chi connectivity index (χ4v) is 1.01. The van der Waals surface area contributed by atoms with Gasteiger partial charge in [0.05, 0.1) is 6.61 Å². The van der Waals surface area contributed by atoms with Crippen molar-refractivity contribution in [3.05, 3.63) is 11.0 Å². The van der Waals surface area contributed by atoms with Crippen LogP contribution in [-0.2, 0) is 4.74 Å². The average molecular weight is 160 g/mol. The summed E-state index contributed by atoms with van der Waals surface area (Å²) in [5.41, 5.74) is 0. The molecule has 0 aromatic carbocycles. The molecule has 0 aliphatic rings. The molecule has 10 heavy (non-hydrogen) atoms. The van der Waals surface area contributed by atoms with E-state index < -0.39 is 0 Å². The van der Waals surface area contributed by atoms with Crippen LogP contribution in [0, 0.1) is 0 Å². The van der Waals surface area contributed by atoms with Gasteiger partial charge in [-0.3, -0.25) is 0 Å². The van der Waals surface area contributed by atoms with Gasteiger partial charge in [-0.25, -0.2) is 0 Å². The third-order valence-corrected chi connectivity index (χ3v) is 2.05. The van der Waals surface area contributed by atoms with E-state index in [1.54, 1.807) is 11.8 Å². The molecule has 0 fully saturated rings. The zero-order chi connectivity index (χ0) is 7.82. The molecule has 0 amide bonds. The molecule has 0 spiro atoms. The van der Waals surface area contributed by atoms with Crippen LogP contribution in [0.15, 0.2) is 11.0 Å². The van der Waals surface area contributed by atoms with E-state index >= 15 is 0 Å². The molecular formula is C8H16OS. The lowest BCUT2D eigenvalue weighted by molar-refractivity contribution is 0.161. The second-order valence-corrected chi connectivity index (χ2v) is 2.94. The van der Waals surface area contributed by atoms with Crippen LogP contribution in [0.4, 0.5) is 0 Å². The van der Waals surface area contributed by atoms with Gasteiger partial charge in [0, 0.05) is 11.5 Å². The van der Waals surface area contributed by atoms with E-state index in [2.05, 4.69) is 19.3 Å². The fourth-order valence-electron chi connectivity index (χ4n) is 0.577. The number of hydrogen-bond acceptors (Lipinski definition) is 2. The van der Waals surface area contributed by atoms with Crippen LogP contribution < -0.4 is 0 Å². The van der Waals surface area contributed by atoms with Crippen molar-refractivity contribution in [1.82, 2.24) is 0 Å². The summed E-state index contributed by atoms with van der Waals surface area (Å²) in [4.78, 5) is 1.31. The lowest BCUT2D eigenvalue weighted by Gasteiger charge is -2.02.